The highest BCUT2D eigenvalue weighted by Crippen LogP contribution is 2.29. The van der Waals surface area contributed by atoms with Gasteiger partial charge in [0.2, 0.25) is 0 Å². The van der Waals surface area contributed by atoms with Gasteiger partial charge in [0, 0.05) is 11.5 Å². The highest BCUT2D eigenvalue weighted by Gasteiger charge is 2.21. The highest BCUT2D eigenvalue weighted by molar-refractivity contribution is 6.29. The predicted molar refractivity (Wildman–Crippen MR) is 52.2 cm³/mol. The molecule has 0 aliphatic heterocycles. The first-order chi connectivity index (χ1) is 5.70. The minimum atomic E-state index is -0.254. The van der Waals surface area contributed by atoms with E-state index in [2.05, 4.69) is 6.58 Å². The van der Waals surface area contributed by atoms with E-state index in [0.29, 0.717) is 17.4 Å². The summed E-state index contributed by atoms with van der Waals surface area (Å²) in [6.45, 7) is 3.60. The summed E-state index contributed by atoms with van der Waals surface area (Å²) >= 11 is 5.64. The van der Waals surface area contributed by atoms with Gasteiger partial charge < -0.3 is 5.11 Å². The molecule has 1 rings (SSSR count). The van der Waals surface area contributed by atoms with Crippen molar-refractivity contribution in [3.8, 4) is 0 Å². The molecule has 12 heavy (non-hydrogen) atoms. The number of aliphatic hydroxyl groups is 1. The van der Waals surface area contributed by atoms with E-state index in [9.17, 15) is 5.11 Å². The van der Waals surface area contributed by atoms with Crippen LogP contribution in [0.1, 0.15) is 38.5 Å². The van der Waals surface area contributed by atoms with Crippen molar-refractivity contribution in [3.63, 3.8) is 0 Å². The number of hydrogen-bond acceptors (Lipinski definition) is 1. The SMILES string of the molecule is C=C(Cl)C[C@H](O)C1CCCCC1. The van der Waals surface area contributed by atoms with E-state index in [0.717, 1.165) is 12.8 Å². The first-order valence-electron chi connectivity index (χ1n) is 4.71. The molecule has 0 aromatic rings. The van der Waals surface area contributed by atoms with Gasteiger partial charge in [-0.15, -0.1) is 0 Å². The van der Waals surface area contributed by atoms with Crippen LogP contribution in [0.4, 0.5) is 0 Å². The van der Waals surface area contributed by atoms with Crippen LogP contribution in [0.25, 0.3) is 0 Å². The van der Waals surface area contributed by atoms with Crippen molar-refractivity contribution in [2.45, 2.75) is 44.6 Å². The standard InChI is InChI=1S/C10H17ClO/c1-8(11)7-10(12)9-5-3-2-4-6-9/h9-10,12H,1-7H2/t10-/m0/s1. The second-order valence-corrected chi connectivity index (χ2v) is 4.22. The highest BCUT2D eigenvalue weighted by atomic mass is 35.5. The second kappa shape index (κ2) is 4.88. The first kappa shape index (κ1) is 10.1. The van der Waals surface area contributed by atoms with E-state index in [-0.39, 0.29) is 6.10 Å². The molecule has 0 radical (unpaired) electrons. The Kier molecular flexibility index (Phi) is 4.10. The maximum atomic E-state index is 9.70. The van der Waals surface area contributed by atoms with Gasteiger partial charge in [-0.05, 0) is 18.8 Å². The molecule has 0 spiro atoms. The van der Waals surface area contributed by atoms with Gasteiger partial charge in [0.25, 0.3) is 0 Å². The number of hydrogen-bond donors (Lipinski definition) is 1. The average molecular weight is 189 g/mol. The minimum absolute atomic E-state index is 0.254. The molecule has 0 bridgehead atoms. The summed E-state index contributed by atoms with van der Waals surface area (Å²) in [6.07, 6.45) is 6.47. The number of rotatable bonds is 3. The molecular weight excluding hydrogens is 172 g/mol. The molecule has 0 amide bonds. The molecule has 0 aromatic heterocycles. The van der Waals surface area contributed by atoms with Crippen LogP contribution < -0.4 is 0 Å². The van der Waals surface area contributed by atoms with Crippen LogP contribution in [0, 0.1) is 5.92 Å². The van der Waals surface area contributed by atoms with Crippen LogP contribution in [0.2, 0.25) is 0 Å². The largest absolute Gasteiger partial charge is 0.392 e. The molecule has 1 nitrogen and oxygen atoms in total. The fourth-order valence-corrected chi connectivity index (χ4v) is 2.07. The van der Waals surface area contributed by atoms with Crippen LogP contribution in [0.5, 0.6) is 0 Å². The zero-order chi connectivity index (χ0) is 8.97. The van der Waals surface area contributed by atoms with Crippen molar-refractivity contribution in [1.29, 1.82) is 0 Å². The molecule has 0 heterocycles. The molecular formula is C10H17ClO. The Morgan fingerprint density at radius 3 is 2.50 bits per heavy atom. The summed E-state index contributed by atoms with van der Waals surface area (Å²) in [5, 5.41) is 10.3. The van der Waals surface area contributed by atoms with Crippen LogP contribution in [0.15, 0.2) is 11.6 Å². The van der Waals surface area contributed by atoms with E-state index in [1.54, 1.807) is 0 Å². The maximum Gasteiger partial charge on any atom is 0.0617 e. The Labute approximate surface area is 79.4 Å². The van der Waals surface area contributed by atoms with E-state index in [1.165, 1.54) is 19.3 Å². The first-order valence-corrected chi connectivity index (χ1v) is 5.09. The molecule has 2 heteroatoms. The molecule has 1 aliphatic carbocycles. The quantitative estimate of drug-likeness (QED) is 0.722. The molecule has 0 aromatic carbocycles. The molecule has 1 atom stereocenters. The second-order valence-electron chi connectivity index (χ2n) is 3.69. The molecule has 0 unspecified atom stereocenters. The minimum Gasteiger partial charge on any atom is -0.392 e. The lowest BCUT2D eigenvalue weighted by Gasteiger charge is -2.26. The summed E-state index contributed by atoms with van der Waals surface area (Å²) in [5.41, 5.74) is 0. The van der Waals surface area contributed by atoms with Crippen molar-refractivity contribution in [3.05, 3.63) is 11.6 Å². The topological polar surface area (TPSA) is 20.2 Å². The molecule has 0 saturated heterocycles. The van der Waals surface area contributed by atoms with E-state index < -0.39 is 0 Å². The van der Waals surface area contributed by atoms with Crippen molar-refractivity contribution >= 4 is 11.6 Å². The van der Waals surface area contributed by atoms with Crippen molar-refractivity contribution in [2.24, 2.45) is 5.92 Å². The summed E-state index contributed by atoms with van der Waals surface area (Å²) in [5.74, 6) is 0.467. The van der Waals surface area contributed by atoms with Crippen LogP contribution in [-0.4, -0.2) is 11.2 Å². The summed E-state index contributed by atoms with van der Waals surface area (Å²) < 4.78 is 0. The van der Waals surface area contributed by atoms with Crippen LogP contribution in [-0.2, 0) is 0 Å². The van der Waals surface area contributed by atoms with E-state index >= 15 is 0 Å². The fourth-order valence-electron chi connectivity index (χ4n) is 1.91. The van der Waals surface area contributed by atoms with Gasteiger partial charge in [-0.3, -0.25) is 0 Å². The number of halogens is 1. The smallest absolute Gasteiger partial charge is 0.0617 e. The Morgan fingerprint density at radius 1 is 1.42 bits per heavy atom. The monoisotopic (exact) mass is 188 g/mol. The third-order valence-corrected chi connectivity index (χ3v) is 2.78. The van der Waals surface area contributed by atoms with Gasteiger partial charge in [0.1, 0.15) is 0 Å². The van der Waals surface area contributed by atoms with Gasteiger partial charge in [-0.25, -0.2) is 0 Å². The lowest BCUT2D eigenvalue weighted by Crippen LogP contribution is -2.22. The maximum absolute atomic E-state index is 9.70. The predicted octanol–water partition coefficient (Wildman–Crippen LogP) is 3.07. The summed E-state index contributed by atoms with van der Waals surface area (Å²) in [6, 6.07) is 0. The lowest BCUT2D eigenvalue weighted by molar-refractivity contribution is 0.0866. The molecule has 1 saturated carbocycles. The van der Waals surface area contributed by atoms with Crippen molar-refractivity contribution in [2.75, 3.05) is 0 Å². The lowest BCUT2D eigenvalue weighted by atomic mass is 9.84. The summed E-state index contributed by atoms with van der Waals surface area (Å²) in [4.78, 5) is 0. The normalized spacial score (nSPS) is 22.2. The zero-order valence-electron chi connectivity index (χ0n) is 7.43. The van der Waals surface area contributed by atoms with Gasteiger partial charge in [-0.2, -0.15) is 0 Å². The van der Waals surface area contributed by atoms with Gasteiger partial charge >= 0.3 is 0 Å². The van der Waals surface area contributed by atoms with Crippen molar-refractivity contribution < 1.29 is 5.11 Å². The fraction of sp³-hybridized carbons (Fsp3) is 0.800. The molecule has 70 valence electrons. The molecule has 1 N–H and O–H groups in total. The third kappa shape index (κ3) is 3.16. The third-order valence-electron chi connectivity index (χ3n) is 2.62. The molecule has 1 aliphatic rings. The Balaban J connectivity index is 2.29. The van der Waals surface area contributed by atoms with Gasteiger partial charge in [-0.1, -0.05) is 37.4 Å². The Bertz CT molecular complexity index is 150. The van der Waals surface area contributed by atoms with E-state index in [4.69, 9.17) is 11.6 Å². The summed E-state index contributed by atoms with van der Waals surface area (Å²) in [7, 11) is 0. The number of aliphatic hydroxyl groups excluding tert-OH is 1. The van der Waals surface area contributed by atoms with E-state index in [1.807, 2.05) is 0 Å². The average Bonchev–Trinajstić information content (AvgIpc) is 2.05. The molecule has 1 fully saturated rings. The van der Waals surface area contributed by atoms with Crippen LogP contribution in [0.3, 0.4) is 0 Å². The Morgan fingerprint density at radius 2 is 2.00 bits per heavy atom. The van der Waals surface area contributed by atoms with Gasteiger partial charge in [0.05, 0.1) is 6.10 Å². The van der Waals surface area contributed by atoms with Crippen LogP contribution >= 0.6 is 11.6 Å². The van der Waals surface area contributed by atoms with Gasteiger partial charge in [0.15, 0.2) is 0 Å². The zero-order valence-corrected chi connectivity index (χ0v) is 8.19. The Hall–Kier alpha value is -0.0100. The van der Waals surface area contributed by atoms with Crippen molar-refractivity contribution in [1.82, 2.24) is 0 Å².